The number of methoxy groups -OCH3 is 1. The van der Waals surface area contributed by atoms with E-state index in [2.05, 4.69) is 9.47 Å². The average molecular weight is 221 g/mol. The Bertz CT molecular complexity index is 333. The van der Waals surface area contributed by atoms with Gasteiger partial charge in [-0.2, -0.15) is 0 Å². The molecule has 0 aromatic carbocycles. The SMILES string of the molecule is COC(=O)c1sccc1OC(=O)Cl. The van der Waals surface area contributed by atoms with Gasteiger partial charge in [0.1, 0.15) is 0 Å². The summed E-state index contributed by atoms with van der Waals surface area (Å²) in [4.78, 5) is 21.6. The van der Waals surface area contributed by atoms with E-state index in [9.17, 15) is 9.59 Å². The van der Waals surface area contributed by atoms with Gasteiger partial charge in [0, 0.05) is 11.6 Å². The largest absolute Gasteiger partial charge is 0.465 e. The van der Waals surface area contributed by atoms with Crippen LogP contribution in [0.25, 0.3) is 0 Å². The minimum absolute atomic E-state index is 0.122. The second-order valence-electron chi connectivity index (χ2n) is 1.95. The molecule has 70 valence electrons. The van der Waals surface area contributed by atoms with E-state index in [1.165, 1.54) is 13.2 Å². The number of rotatable bonds is 2. The maximum atomic E-state index is 11.0. The molecule has 0 fully saturated rings. The molecule has 0 atom stereocenters. The molecule has 4 nitrogen and oxygen atoms in total. The van der Waals surface area contributed by atoms with E-state index in [4.69, 9.17) is 11.6 Å². The molecule has 0 spiro atoms. The number of carbonyl (C=O) groups is 2. The van der Waals surface area contributed by atoms with E-state index in [0.717, 1.165) is 11.3 Å². The Morgan fingerprint density at radius 1 is 1.54 bits per heavy atom. The Labute approximate surface area is 83.0 Å². The first kappa shape index (κ1) is 10.0. The molecule has 0 unspecified atom stereocenters. The van der Waals surface area contributed by atoms with Crippen LogP contribution in [0.2, 0.25) is 0 Å². The molecule has 0 aliphatic rings. The van der Waals surface area contributed by atoms with Gasteiger partial charge in [-0.25, -0.2) is 9.59 Å². The fourth-order valence-corrected chi connectivity index (χ4v) is 1.52. The smallest absolute Gasteiger partial charge is 0.409 e. The van der Waals surface area contributed by atoms with Crippen LogP contribution < -0.4 is 4.74 Å². The summed E-state index contributed by atoms with van der Waals surface area (Å²) >= 11 is 6.09. The summed E-state index contributed by atoms with van der Waals surface area (Å²) in [6.45, 7) is 0. The van der Waals surface area contributed by atoms with E-state index in [1.807, 2.05) is 0 Å². The van der Waals surface area contributed by atoms with Crippen LogP contribution in [-0.4, -0.2) is 18.5 Å². The van der Waals surface area contributed by atoms with Crippen molar-refractivity contribution in [1.82, 2.24) is 0 Å². The lowest BCUT2D eigenvalue weighted by atomic mass is 10.4. The van der Waals surface area contributed by atoms with E-state index in [1.54, 1.807) is 5.38 Å². The minimum atomic E-state index is -0.983. The molecule has 1 heterocycles. The number of carbonyl (C=O) groups excluding carboxylic acids is 2. The van der Waals surface area contributed by atoms with Crippen molar-refractivity contribution in [2.45, 2.75) is 0 Å². The van der Waals surface area contributed by atoms with Crippen LogP contribution in [0.5, 0.6) is 5.75 Å². The van der Waals surface area contributed by atoms with Gasteiger partial charge in [-0.15, -0.1) is 11.3 Å². The van der Waals surface area contributed by atoms with Crippen LogP contribution in [0.3, 0.4) is 0 Å². The van der Waals surface area contributed by atoms with Gasteiger partial charge in [0.2, 0.25) is 0 Å². The summed E-state index contributed by atoms with van der Waals surface area (Å²) in [5, 5.41) is 1.60. The number of ether oxygens (including phenoxy) is 2. The molecule has 0 N–H and O–H groups in total. The molecule has 0 radical (unpaired) electrons. The molecule has 0 aliphatic heterocycles. The number of hydrogen-bond acceptors (Lipinski definition) is 5. The highest BCUT2D eigenvalue weighted by molar-refractivity contribution is 7.12. The van der Waals surface area contributed by atoms with Crippen LogP contribution >= 0.6 is 22.9 Å². The lowest BCUT2D eigenvalue weighted by Crippen LogP contribution is -2.03. The highest BCUT2D eigenvalue weighted by atomic mass is 35.5. The van der Waals surface area contributed by atoms with Gasteiger partial charge in [-0.3, -0.25) is 0 Å². The second-order valence-corrected chi connectivity index (χ2v) is 3.17. The normalized spacial score (nSPS) is 9.38. The zero-order valence-corrected chi connectivity index (χ0v) is 8.15. The molecule has 6 heteroatoms. The maximum absolute atomic E-state index is 11.0. The van der Waals surface area contributed by atoms with Crippen molar-refractivity contribution in [3.8, 4) is 5.75 Å². The molecule has 0 saturated heterocycles. The van der Waals surface area contributed by atoms with E-state index in [-0.39, 0.29) is 10.6 Å². The predicted octanol–water partition coefficient (Wildman–Crippen LogP) is 2.27. The third-order valence-corrected chi connectivity index (χ3v) is 2.14. The van der Waals surface area contributed by atoms with Crippen molar-refractivity contribution in [2.24, 2.45) is 0 Å². The van der Waals surface area contributed by atoms with Crippen molar-refractivity contribution in [3.05, 3.63) is 16.3 Å². The lowest BCUT2D eigenvalue weighted by Gasteiger charge is -1.99. The Balaban J connectivity index is 2.89. The van der Waals surface area contributed by atoms with Crippen LogP contribution in [0, 0.1) is 0 Å². The topological polar surface area (TPSA) is 52.6 Å². The molecule has 1 aromatic heterocycles. The van der Waals surface area contributed by atoms with E-state index >= 15 is 0 Å². The third-order valence-electron chi connectivity index (χ3n) is 1.19. The molecule has 1 rings (SSSR count). The molecule has 1 aromatic rings. The van der Waals surface area contributed by atoms with Crippen LogP contribution in [0.15, 0.2) is 11.4 Å². The fourth-order valence-electron chi connectivity index (χ4n) is 0.706. The summed E-state index contributed by atoms with van der Waals surface area (Å²) < 4.78 is 9.00. The number of hydrogen-bond donors (Lipinski definition) is 0. The standard InChI is InChI=1S/C7H5ClO4S/c1-11-6(9)5-4(2-3-13-5)12-7(8)10/h2-3H,1H3. The Kier molecular flexibility index (Phi) is 3.27. The first-order chi connectivity index (χ1) is 6.15. The van der Waals surface area contributed by atoms with Crippen molar-refractivity contribution in [3.63, 3.8) is 0 Å². The van der Waals surface area contributed by atoms with Crippen molar-refractivity contribution in [1.29, 1.82) is 0 Å². The molecule has 0 aliphatic carbocycles. The van der Waals surface area contributed by atoms with Gasteiger partial charge in [0.15, 0.2) is 10.6 Å². The maximum Gasteiger partial charge on any atom is 0.409 e. The van der Waals surface area contributed by atoms with Crippen molar-refractivity contribution < 1.29 is 19.1 Å². The average Bonchev–Trinajstić information content (AvgIpc) is 2.50. The molecule has 0 amide bonds. The quantitative estimate of drug-likeness (QED) is 0.567. The number of thiophene rings is 1. The molecule has 0 bridgehead atoms. The zero-order valence-electron chi connectivity index (χ0n) is 6.57. The van der Waals surface area contributed by atoms with Gasteiger partial charge >= 0.3 is 11.4 Å². The van der Waals surface area contributed by atoms with Crippen LogP contribution in [0.4, 0.5) is 4.79 Å². The molecular formula is C7H5ClO4S. The van der Waals surface area contributed by atoms with Gasteiger partial charge in [0.25, 0.3) is 0 Å². The Morgan fingerprint density at radius 2 is 2.23 bits per heavy atom. The third kappa shape index (κ3) is 2.43. The molecular weight excluding hydrogens is 216 g/mol. The first-order valence-corrected chi connectivity index (χ1v) is 4.44. The van der Waals surface area contributed by atoms with E-state index in [0.29, 0.717) is 0 Å². The fraction of sp³-hybridized carbons (Fsp3) is 0.143. The van der Waals surface area contributed by atoms with Gasteiger partial charge in [-0.05, 0) is 11.4 Å². The summed E-state index contributed by atoms with van der Waals surface area (Å²) in [5.41, 5.74) is -0.983. The first-order valence-electron chi connectivity index (χ1n) is 3.18. The van der Waals surface area contributed by atoms with E-state index < -0.39 is 11.4 Å². The second kappa shape index (κ2) is 4.25. The monoisotopic (exact) mass is 220 g/mol. The van der Waals surface area contributed by atoms with Gasteiger partial charge in [-0.1, -0.05) is 0 Å². The molecule has 13 heavy (non-hydrogen) atoms. The summed E-state index contributed by atoms with van der Waals surface area (Å²) in [6, 6.07) is 1.47. The Hall–Kier alpha value is -1.07. The predicted molar refractivity (Wildman–Crippen MR) is 47.5 cm³/mol. The van der Waals surface area contributed by atoms with Gasteiger partial charge in [0.05, 0.1) is 7.11 Å². The zero-order chi connectivity index (χ0) is 9.84. The van der Waals surface area contributed by atoms with Crippen molar-refractivity contribution in [2.75, 3.05) is 7.11 Å². The van der Waals surface area contributed by atoms with Crippen LogP contribution in [0.1, 0.15) is 9.67 Å². The minimum Gasteiger partial charge on any atom is -0.465 e. The summed E-state index contributed by atoms with van der Waals surface area (Å²) in [7, 11) is 1.24. The van der Waals surface area contributed by atoms with Crippen molar-refractivity contribution >= 4 is 34.3 Å². The summed E-state index contributed by atoms with van der Waals surface area (Å²) in [6.07, 6.45) is 0. The highest BCUT2D eigenvalue weighted by Crippen LogP contribution is 2.25. The molecule has 0 saturated carbocycles. The van der Waals surface area contributed by atoms with Crippen LogP contribution in [-0.2, 0) is 4.74 Å². The number of halogens is 1. The number of esters is 1. The van der Waals surface area contributed by atoms with Gasteiger partial charge < -0.3 is 9.47 Å². The highest BCUT2D eigenvalue weighted by Gasteiger charge is 2.16. The lowest BCUT2D eigenvalue weighted by molar-refractivity contribution is 0.0604. The Morgan fingerprint density at radius 3 is 2.77 bits per heavy atom. The summed E-state index contributed by atoms with van der Waals surface area (Å²) in [5.74, 6) is -0.431.